The molecule has 0 aliphatic carbocycles. The third-order valence-electron chi connectivity index (χ3n) is 5.33. The van der Waals surface area contributed by atoms with Crippen LogP contribution in [0.2, 0.25) is 5.02 Å². The van der Waals surface area contributed by atoms with E-state index in [0.717, 1.165) is 11.1 Å². The molecule has 0 saturated heterocycles. The molecular formula is C27H23ClN2O5. The number of hydrogen-bond donors (Lipinski definition) is 0. The van der Waals surface area contributed by atoms with Gasteiger partial charge in [-0.3, -0.25) is 0 Å². The summed E-state index contributed by atoms with van der Waals surface area (Å²) in [4.78, 5) is 25.8. The van der Waals surface area contributed by atoms with E-state index < -0.39 is 11.9 Å². The first kappa shape index (κ1) is 24.0. The Labute approximate surface area is 207 Å². The van der Waals surface area contributed by atoms with Crippen LogP contribution < -0.4 is 4.74 Å². The molecule has 0 aliphatic rings. The van der Waals surface area contributed by atoms with Crippen LogP contribution in [0.15, 0.2) is 72.8 Å². The third kappa shape index (κ3) is 5.05. The molecular weight excluding hydrogens is 468 g/mol. The van der Waals surface area contributed by atoms with E-state index in [1.165, 1.54) is 18.9 Å². The van der Waals surface area contributed by atoms with Crippen LogP contribution in [0.4, 0.5) is 0 Å². The number of aromatic nitrogens is 2. The standard InChI is InChI=1S/C27H23ClN2O5/c1-17-8-7-9-18(14-17)16-35-22-13-12-19(28)15-21(22)24-23(26(31)33-2)25(27(32)34-3)30(29-24)20-10-5-4-6-11-20/h4-15H,16H2,1-3H3. The Morgan fingerprint density at radius 1 is 0.914 bits per heavy atom. The number of methoxy groups -OCH3 is 2. The summed E-state index contributed by atoms with van der Waals surface area (Å²) in [6, 6.07) is 21.9. The van der Waals surface area contributed by atoms with Crippen LogP contribution in [0.1, 0.15) is 32.0 Å². The van der Waals surface area contributed by atoms with E-state index in [1.807, 2.05) is 37.3 Å². The molecule has 0 bridgehead atoms. The number of carbonyl (C=O) groups is 2. The summed E-state index contributed by atoms with van der Waals surface area (Å²) in [5.41, 5.74) is 3.15. The van der Waals surface area contributed by atoms with Crippen molar-refractivity contribution in [3.05, 3.63) is 100 Å². The van der Waals surface area contributed by atoms with Crippen molar-refractivity contribution in [1.82, 2.24) is 9.78 Å². The van der Waals surface area contributed by atoms with Crippen LogP contribution in [0.5, 0.6) is 5.75 Å². The van der Waals surface area contributed by atoms with Gasteiger partial charge in [0.15, 0.2) is 5.69 Å². The summed E-state index contributed by atoms with van der Waals surface area (Å²) in [6.07, 6.45) is 0. The Morgan fingerprint density at radius 3 is 2.34 bits per heavy atom. The average molecular weight is 491 g/mol. The zero-order valence-corrected chi connectivity index (χ0v) is 20.2. The van der Waals surface area contributed by atoms with Gasteiger partial charge in [-0.15, -0.1) is 0 Å². The summed E-state index contributed by atoms with van der Waals surface area (Å²) >= 11 is 6.33. The molecule has 178 valence electrons. The van der Waals surface area contributed by atoms with Gasteiger partial charge in [-0.2, -0.15) is 5.10 Å². The Morgan fingerprint density at radius 2 is 1.66 bits per heavy atom. The van der Waals surface area contributed by atoms with Crippen molar-refractivity contribution >= 4 is 23.5 Å². The van der Waals surface area contributed by atoms with Crippen LogP contribution in [-0.2, 0) is 16.1 Å². The molecule has 8 heteroatoms. The maximum Gasteiger partial charge on any atom is 0.357 e. The lowest BCUT2D eigenvalue weighted by Gasteiger charge is -2.12. The summed E-state index contributed by atoms with van der Waals surface area (Å²) in [5, 5.41) is 5.05. The molecule has 7 nitrogen and oxygen atoms in total. The Balaban J connectivity index is 1.90. The first-order valence-corrected chi connectivity index (χ1v) is 11.1. The number of aryl methyl sites for hydroxylation is 1. The van der Waals surface area contributed by atoms with Crippen LogP contribution in [0.3, 0.4) is 0 Å². The number of ether oxygens (including phenoxy) is 3. The topological polar surface area (TPSA) is 79.7 Å². The second-order valence-corrected chi connectivity index (χ2v) is 8.16. The quantitative estimate of drug-likeness (QED) is 0.311. The lowest BCUT2D eigenvalue weighted by atomic mass is 10.0. The monoisotopic (exact) mass is 490 g/mol. The highest BCUT2D eigenvalue weighted by molar-refractivity contribution is 6.31. The van der Waals surface area contributed by atoms with Crippen LogP contribution in [0, 0.1) is 6.92 Å². The van der Waals surface area contributed by atoms with Crippen molar-refractivity contribution in [2.45, 2.75) is 13.5 Å². The predicted molar refractivity (Wildman–Crippen MR) is 132 cm³/mol. The summed E-state index contributed by atoms with van der Waals surface area (Å²) < 4.78 is 17.5. The van der Waals surface area contributed by atoms with E-state index in [2.05, 4.69) is 5.10 Å². The van der Waals surface area contributed by atoms with E-state index >= 15 is 0 Å². The lowest BCUT2D eigenvalue weighted by molar-refractivity contribution is 0.0549. The SMILES string of the molecule is COC(=O)c1c(-c2cc(Cl)ccc2OCc2cccc(C)c2)nn(-c2ccccc2)c1C(=O)OC. The van der Waals surface area contributed by atoms with Gasteiger partial charge < -0.3 is 14.2 Å². The fourth-order valence-corrected chi connectivity index (χ4v) is 3.89. The van der Waals surface area contributed by atoms with Crippen LogP contribution in [-0.4, -0.2) is 35.9 Å². The Bertz CT molecular complexity index is 1380. The number of para-hydroxylation sites is 1. The molecule has 0 N–H and O–H groups in total. The van der Waals surface area contributed by atoms with Gasteiger partial charge in [0.25, 0.3) is 0 Å². The number of rotatable bonds is 7. The van der Waals surface area contributed by atoms with Gasteiger partial charge in [0.05, 0.1) is 19.9 Å². The third-order valence-corrected chi connectivity index (χ3v) is 5.56. The van der Waals surface area contributed by atoms with Gasteiger partial charge in [0.1, 0.15) is 23.6 Å². The van der Waals surface area contributed by atoms with Crippen molar-refractivity contribution in [3.8, 4) is 22.7 Å². The zero-order chi connectivity index (χ0) is 24.9. The van der Waals surface area contributed by atoms with Gasteiger partial charge >= 0.3 is 11.9 Å². The number of halogens is 1. The molecule has 35 heavy (non-hydrogen) atoms. The van der Waals surface area contributed by atoms with E-state index in [-0.39, 0.29) is 23.6 Å². The van der Waals surface area contributed by atoms with Crippen molar-refractivity contribution < 1.29 is 23.8 Å². The van der Waals surface area contributed by atoms with Crippen molar-refractivity contribution in [2.24, 2.45) is 0 Å². The summed E-state index contributed by atoms with van der Waals surface area (Å²) in [7, 11) is 2.47. The van der Waals surface area contributed by atoms with Gasteiger partial charge in [-0.05, 0) is 42.8 Å². The summed E-state index contributed by atoms with van der Waals surface area (Å²) in [5.74, 6) is -1.04. The number of esters is 2. The molecule has 0 unspecified atom stereocenters. The molecule has 0 fully saturated rings. The zero-order valence-electron chi connectivity index (χ0n) is 19.4. The second-order valence-electron chi connectivity index (χ2n) is 7.72. The largest absolute Gasteiger partial charge is 0.488 e. The highest BCUT2D eigenvalue weighted by atomic mass is 35.5. The first-order chi connectivity index (χ1) is 16.9. The van der Waals surface area contributed by atoms with Crippen molar-refractivity contribution in [3.63, 3.8) is 0 Å². The second kappa shape index (κ2) is 10.4. The van der Waals surface area contributed by atoms with Crippen LogP contribution >= 0.6 is 11.6 Å². The maximum atomic E-state index is 12.9. The Hall–Kier alpha value is -4.10. The molecule has 3 aromatic carbocycles. The van der Waals surface area contributed by atoms with Gasteiger partial charge in [-0.25, -0.2) is 14.3 Å². The molecule has 1 heterocycles. The van der Waals surface area contributed by atoms with E-state index in [0.29, 0.717) is 22.0 Å². The van der Waals surface area contributed by atoms with E-state index in [9.17, 15) is 9.59 Å². The minimum atomic E-state index is -0.743. The molecule has 0 spiro atoms. The molecule has 0 amide bonds. The van der Waals surface area contributed by atoms with Gasteiger partial charge in [0, 0.05) is 10.6 Å². The lowest BCUT2D eigenvalue weighted by Crippen LogP contribution is -2.15. The molecule has 0 saturated carbocycles. The normalized spacial score (nSPS) is 10.6. The minimum Gasteiger partial charge on any atom is -0.488 e. The smallest absolute Gasteiger partial charge is 0.357 e. The number of hydrogen-bond acceptors (Lipinski definition) is 6. The number of benzene rings is 3. The molecule has 0 atom stereocenters. The van der Waals surface area contributed by atoms with Crippen molar-refractivity contribution in [2.75, 3.05) is 14.2 Å². The molecule has 0 radical (unpaired) electrons. The van der Waals surface area contributed by atoms with Crippen LogP contribution in [0.25, 0.3) is 16.9 Å². The summed E-state index contributed by atoms with van der Waals surface area (Å²) in [6.45, 7) is 2.29. The highest BCUT2D eigenvalue weighted by Crippen LogP contribution is 2.37. The van der Waals surface area contributed by atoms with E-state index in [1.54, 1.807) is 42.5 Å². The van der Waals surface area contributed by atoms with Gasteiger partial charge in [0.2, 0.25) is 0 Å². The molecule has 4 aromatic rings. The van der Waals surface area contributed by atoms with Crippen molar-refractivity contribution in [1.29, 1.82) is 0 Å². The fraction of sp³-hybridized carbons (Fsp3) is 0.148. The molecule has 0 aliphatic heterocycles. The number of nitrogens with zero attached hydrogens (tertiary/aromatic N) is 2. The number of carbonyl (C=O) groups excluding carboxylic acids is 2. The average Bonchev–Trinajstić information content (AvgIpc) is 3.28. The fourth-order valence-electron chi connectivity index (χ4n) is 3.72. The highest BCUT2D eigenvalue weighted by Gasteiger charge is 2.32. The predicted octanol–water partition coefficient (Wildman–Crippen LogP) is 5.65. The molecule has 1 aromatic heterocycles. The first-order valence-electron chi connectivity index (χ1n) is 10.8. The maximum absolute atomic E-state index is 12.9. The molecule has 4 rings (SSSR count). The van der Waals surface area contributed by atoms with Gasteiger partial charge in [-0.1, -0.05) is 59.6 Å². The minimum absolute atomic E-state index is 0.0501. The Kier molecular flexibility index (Phi) is 7.17. The van der Waals surface area contributed by atoms with E-state index in [4.69, 9.17) is 25.8 Å².